The third-order valence-corrected chi connectivity index (χ3v) is 3.56. The molecule has 0 bridgehead atoms. The summed E-state index contributed by atoms with van der Waals surface area (Å²) in [5.41, 5.74) is -0.939. The molecule has 0 atom stereocenters. The van der Waals surface area contributed by atoms with Gasteiger partial charge in [0.2, 0.25) is 5.91 Å². The second-order valence-corrected chi connectivity index (χ2v) is 5.45. The van der Waals surface area contributed by atoms with Gasteiger partial charge in [-0.2, -0.15) is 0 Å². The van der Waals surface area contributed by atoms with Crippen molar-refractivity contribution in [1.82, 2.24) is 20.9 Å². The first-order valence-corrected chi connectivity index (χ1v) is 7.72. The average Bonchev–Trinajstić information content (AvgIpc) is 2.70. The van der Waals surface area contributed by atoms with E-state index in [1.54, 1.807) is 0 Å². The fourth-order valence-corrected chi connectivity index (χ4v) is 2.66. The van der Waals surface area contributed by atoms with Gasteiger partial charge in [0.05, 0.1) is 0 Å². The van der Waals surface area contributed by atoms with Gasteiger partial charge in [-0.15, -0.1) is 6.58 Å². The molecule has 1 aliphatic rings. The van der Waals surface area contributed by atoms with Gasteiger partial charge in [-0.25, -0.2) is 9.59 Å². The molecule has 1 aliphatic heterocycles. The van der Waals surface area contributed by atoms with E-state index in [1.807, 2.05) is 13.8 Å². The maximum Gasteiger partial charge on any atom is 0.325 e. The molecular formula is C15H24N4O4. The first-order valence-electron chi connectivity index (χ1n) is 7.72. The monoisotopic (exact) mass is 324 g/mol. The highest BCUT2D eigenvalue weighted by Crippen LogP contribution is 2.27. The summed E-state index contributed by atoms with van der Waals surface area (Å²) in [6.45, 7) is 7.01. The van der Waals surface area contributed by atoms with Gasteiger partial charge in [-0.3, -0.25) is 19.8 Å². The number of carbonyl (C=O) groups excluding carboxylic acids is 4. The Morgan fingerprint density at radius 2 is 1.87 bits per heavy atom. The number of hydrogen-bond acceptors (Lipinski definition) is 4. The molecule has 0 aromatic rings. The smallest absolute Gasteiger partial charge is 0.325 e. The van der Waals surface area contributed by atoms with E-state index in [-0.39, 0.29) is 6.54 Å². The van der Waals surface area contributed by atoms with Crippen LogP contribution in [-0.2, 0) is 9.59 Å². The molecule has 0 aromatic heterocycles. The average molecular weight is 324 g/mol. The molecule has 8 heteroatoms. The molecule has 8 nitrogen and oxygen atoms in total. The Labute approximate surface area is 135 Å². The van der Waals surface area contributed by atoms with E-state index in [0.717, 1.165) is 17.7 Å². The third kappa shape index (κ3) is 4.54. The molecule has 0 aliphatic carbocycles. The van der Waals surface area contributed by atoms with Crippen molar-refractivity contribution >= 4 is 23.9 Å². The Kier molecular flexibility index (Phi) is 6.74. The molecule has 1 rings (SSSR count). The third-order valence-electron chi connectivity index (χ3n) is 3.56. The van der Waals surface area contributed by atoms with Crippen molar-refractivity contribution in [3.63, 3.8) is 0 Å². The summed E-state index contributed by atoms with van der Waals surface area (Å²) in [5.74, 6) is -1.13. The van der Waals surface area contributed by atoms with Crippen molar-refractivity contribution in [2.45, 2.75) is 45.1 Å². The first kappa shape index (κ1) is 18.7. The van der Waals surface area contributed by atoms with E-state index in [4.69, 9.17) is 0 Å². The van der Waals surface area contributed by atoms with Gasteiger partial charge in [0.15, 0.2) is 0 Å². The quantitative estimate of drug-likeness (QED) is 0.455. The van der Waals surface area contributed by atoms with Gasteiger partial charge in [0, 0.05) is 6.54 Å². The summed E-state index contributed by atoms with van der Waals surface area (Å²) in [7, 11) is 0. The maximum absolute atomic E-state index is 12.6. The zero-order valence-electron chi connectivity index (χ0n) is 13.6. The zero-order valence-corrected chi connectivity index (χ0v) is 13.6. The normalized spacial score (nSPS) is 16.0. The van der Waals surface area contributed by atoms with Crippen LogP contribution in [0.2, 0.25) is 0 Å². The Balaban J connectivity index is 2.71. The van der Waals surface area contributed by atoms with Gasteiger partial charge < -0.3 is 10.6 Å². The van der Waals surface area contributed by atoms with E-state index >= 15 is 0 Å². The topological polar surface area (TPSA) is 108 Å². The van der Waals surface area contributed by atoms with Crippen molar-refractivity contribution in [3.8, 4) is 0 Å². The maximum atomic E-state index is 12.6. The lowest BCUT2D eigenvalue weighted by atomic mass is 9.88. The number of nitrogens with one attached hydrogen (secondary N) is 3. The van der Waals surface area contributed by atoms with Crippen LogP contribution in [-0.4, -0.2) is 47.4 Å². The largest absolute Gasteiger partial charge is 0.334 e. The second kappa shape index (κ2) is 8.30. The number of rotatable bonds is 8. The van der Waals surface area contributed by atoms with Crippen LogP contribution in [0.15, 0.2) is 12.7 Å². The summed E-state index contributed by atoms with van der Waals surface area (Å²) in [4.78, 5) is 48.7. The number of urea groups is 2. The molecule has 3 N–H and O–H groups in total. The molecule has 0 unspecified atom stereocenters. The highest BCUT2D eigenvalue weighted by atomic mass is 16.2. The number of imide groups is 2. The molecule has 23 heavy (non-hydrogen) atoms. The van der Waals surface area contributed by atoms with Gasteiger partial charge in [0.25, 0.3) is 5.91 Å². The highest BCUT2D eigenvalue weighted by molar-refractivity contribution is 6.10. The van der Waals surface area contributed by atoms with Crippen LogP contribution in [0.5, 0.6) is 0 Å². The molecule has 1 fully saturated rings. The molecule has 128 valence electrons. The summed E-state index contributed by atoms with van der Waals surface area (Å²) < 4.78 is 0. The minimum atomic E-state index is -0.939. The molecule has 1 saturated heterocycles. The number of nitrogens with zero attached hydrogens (tertiary/aromatic N) is 1. The van der Waals surface area contributed by atoms with Crippen molar-refractivity contribution in [1.29, 1.82) is 0 Å². The fraction of sp³-hybridized carbons (Fsp3) is 0.600. The number of amides is 6. The van der Waals surface area contributed by atoms with E-state index in [9.17, 15) is 19.2 Å². The van der Waals surface area contributed by atoms with Crippen molar-refractivity contribution < 1.29 is 19.2 Å². The van der Waals surface area contributed by atoms with E-state index in [0.29, 0.717) is 12.8 Å². The Hall–Kier alpha value is -2.38. The molecule has 0 spiro atoms. The van der Waals surface area contributed by atoms with Crippen LogP contribution < -0.4 is 16.0 Å². The van der Waals surface area contributed by atoms with Crippen molar-refractivity contribution in [2.75, 3.05) is 13.1 Å². The Bertz CT molecular complexity index is 498. The lowest BCUT2D eigenvalue weighted by Gasteiger charge is -2.25. The minimum Gasteiger partial charge on any atom is -0.334 e. The SMILES string of the molecule is C=CCNC(=O)NC(=O)CN1C(=O)NC(CCC)(CCC)C1=O. The number of hydrogen-bond donors (Lipinski definition) is 3. The van der Waals surface area contributed by atoms with E-state index in [1.165, 1.54) is 6.08 Å². The van der Waals surface area contributed by atoms with Crippen LogP contribution in [0.3, 0.4) is 0 Å². The first-order chi connectivity index (χ1) is 10.9. The zero-order chi connectivity index (χ0) is 17.5. The lowest BCUT2D eigenvalue weighted by Crippen LogP contribution is -2.48. The second-order valence-electron chi connectivity index (χ2n) is 5.45. The summed E-state index contributed by atoms with van der Waals surface area (Å²) in [5, 5.41) is 7.14. The molecule has 6 amide bonds. The van der Waals surface area contributed by atoms with Gasteiger partial charge in [-0.1, -0.05) is 32.8 Å². The van der Waals surface area contributed by atoms with Gasteiger partial charge >= 0.3 is 12.1 Å². The van der Waals surface area contributed by atoms with Crippen LogP contribution in [0.25, 0.3) is 0 Å². The molecule has 0 aromatic carbocycles. The molecule has 1 heterocycles. The summed E-state index contributed by atoms with van der Waals surface area (Å²) in [6, 6.07) is -1.30. The summed E-state index contributed by atoms with van der Waals surface area (Å²) in [6.07, 6.45) is 3.96. The Morgan fingerprint density at radius 3 is 2.39 bits per heavy atom. The molecular weight excluding hydrogens is 300 g/mol. The molecule has 0 saturated carbocycles. The van der Waals surface area contributed by atoms with E-state index < -0.39 is 36.0 Å². The van der Waals surface area contributed by atoms with Crippen LogP contribution in [0.1, 0.15) is 39.5 Å². The van der Waals surface area contributed by atoms with Crippen LogP contribution in [0, 0.1) is 0 Å². The predicted molar refractivity (Wildman–Crippen MR) is 84.5 cm³/mol. The highest BCUT2D eigenvalue weighted by Gasteiger charge is 2.50. The predicted octanol–water partition coefficient (Wildman–Crippen LogP) is 0.889. The molecule has 0 radical (unpaired) electrons. The van der Waals surface area contributed by atoms with Gasteiger partial charge in [0.1, 0.15) is 12.1 Å². The standard InChI is InChI=1S/C15H24N4O4/c1-4-7-15(8-5-2)12(21)19(14(23)18-15)10-11(20)17-13(22)16-9-6-3/h6H,3-5,7-10H2,1-2H3,(H,18,23)(H2,16,17,20,22). The lowest BCUT2D eigenvalue weighted by molar-refractivity contribution is -0.135. The Morgan fingerprint density at radius 1 is 1.26 bits per heavy atom. The minimum absolute atomic E-state index is 0.207. The van der Waals surface area contributed by atoms with Crippen LogP contribution in [0.4, 0.5) is 9.59 Å². The van der Waals surface area contributed by atoms with Gasteiger partial charge in [-0.05, 0) is 12.8 Å². The van der Waals surface area contributed by atoms with Crippen LogP contribution >= 0.6 is 0 Å². The summed E-state index contributed by atoms with van der Waals surface area (Å²) >= 11 is 0. The van der Waals surface area contributed by atoms with Crippen molar-refractivity contribution in [3.05, 3.63) is 12.7 Å². The fourth-order valence-electron chi connectivity index (χ4n) is 2.66. The van der Waals surface area contributed by atoms with Crippen molar-refractivity contribution in [2.24, 2.45) is 0 Å². The number of carbonyl (C=O) groups is 4. The van der Waals surface area contributed by atoms with E-state index in [2.05, 4.69) is 22.5 Å².